The number of furan rings is 2. The number of hydrogen-bond donors (Lipinski definition) is 2. The van der Waals surface area contributed by atoms with Crippen LogP contribution >= 0.6 is 0 Å². The van der Waals surface area contributed by atoms with Gasteiger partial charge >= 0.3 is 0 Å². The minimum absolute atomic E-state index is 0.0590. The summed E-state index contributed by atoms with van der Waals surface area (Å²) in [5.74, 6) is 1.25. The number of phenols is 1. The van der Waals surface area contributed by atoms with Crippen LogP contribution in [0, 0.1) is 6.92 Å². The van der Waals surface area contributed by atoms with E-state index in [9.17, 15) is 23.1 Å². The minimum atomic E-state index is -3.16. The number of anilines is 1. The van der Waals surface area contributed by atoms with Gasteiger partial charge in [-0.25, -0.2) is 8.42 Å². The molecule has 6 rings (SSSR count). The molecule has 0 unspecified atom stereocenters. The van der Waals surface area contributed by atoms with Crippen LogP contribution in [0.4, 0.5) is 5.69 Å². The lowest BCUT2D eigenvalue weighted by Crippen LogP contribution is -2.05. The number of benzene rings is 4. The van der Waals surface area contributed by atoms with E-state index in [1.807, 2.05) is 31.2 Å². The quantitative estimate of drug-likeness (QED) is 0.0955. The normalized spacial score (nSPS) is 11.4. The summed E-state index contributed by atoms with van der Waals surface area (Å²) in [4.78, 5) is 26.2. The van der Waals surface area contributed by atoms with Crippen molar-refractivity contribution in [2.45, 2.75) is 65.0 Å². The molecule has 6 aromatic rings. The number of aromatic hydroxyl groups is 1. The molecule has 0 aliphatic carbocycles. The largest absolute Gasteiger partial charge is 0.508 e. The number of nitrogen functional groups attached to an aromatic ring is 1. The average molecular weight is 694 g/mol. The van der Waals surface area contributed by atoms with Crippen LogP contribution < -0.4 is 5.73 Å². The van der Waals surface area contributed by atoms with Crippen LogP contribution in [-0.2, 0) is 28.4 Å². The van der Waals surface area contributed by atoms with Gasteiger partial charge in [0, 0.05) is 46.7 Å². The Labute approximate surface area is 292 Å². The second-order valence-electron chi connectivity index (χ2n) is 12.7. The number of aryl methyl sites for hydroxylation is 3. The third-order valence-electron chi connectivity index (χ3n) is 8.45. The summed E-state index contributed by atoms with van der Waals surface area (Å²) in [6.45, 7) is 6.17. The van der Waals surface area contributed by atoms with Crippen LogP contribution in [0.1, 0.15) is 94.0 Å². The molecule has 0 spiro atoms. The highest BCUT2D eigenvalue weighted by atomic mass is 32.2. The van der Waals surface area contributed by atoms with E-state index in [0.29, 0.717) is 74.4 Å². The van der Waals surface area contributed by atoms with E-state index >= 15 is 0 Å². The van der Waals surface area contributed by atoms with Crippen molar-refractivity contribution < 1.29 is 31.9 Å². The third-order valence-corrected chi connectivity index (χ3v) is 9.31. The number of hydrogen-bond acceptors (Lipinski definition) is 8. The maximum atomic E-state index is 13.2. The molecule has 0 bridgehead atoms. The van der Waals surface area contributed by atoms with Crippen molar-refractivity contribution >= 4 is 49.0 Å². The zero-order valence-electron chi connectivity index (χ0n) is 28.9. The molecule has 50 heavy (non-hydrogen) atoms. The van der Waals surface area contributed by atoms with Gasteiger partial charge < -0.3 is 19.7 Å². The Hall–Kier alpha value is -5.15. The molecule has 0 saturated heterocycles. The fourth-order valence-electron chi connectivity index (χ4n) is 5.88. The molecule has 0 amide bonds. The van der Waals surface area contributed by atoms with Gasteiger partial charge in [-0.1, -0.05) is 62.6 Å². The summed E-state index contributed by atoms with van der Waals surface area (Å²) >= 11 is 0. The fourth-order valence-corrected chi connectivity index (χ4v) is 6.67. The molecule has 9 heteroatoms. The monoisotopic (exact) mass is 693 g/mol. The Morgan fingerprint density at radius 3 is 1.68 bits per heavy atom. The Balaban J connectivity index is 0.000000197. The van der Waals surface area contributed by atoms with Crippen LogP contribution in [0.25, 0.3) is 21.9 Å². The number of carbonyl (C=O) groups is 2. The van der Waals surface area contributed by atoms with Crippen molar-refractivity contribution in [3.05, 3.63) is 130 Å². The van der Waals surface area contributed by atoms with Crippen molar-refractivity contribution in [3.63, 3.8) is 0 Å². The Morgan fingerprint density at radius 1 is 0.700 bits per heavy atom. The first kappa shape index (κ1) is 36.1. The molecule has 0 fully saturated rings. The maximum Gasteiger partial charge on any atom is 0.197 e. The summed E-state index contributed by atoms with van der Waals surface area (Å²) < 4.78 is 35.2. The molecule has 0 aliphatic heterocycles. The van der Waals surface area contributed by atoms with E-state index in [1.165, 1.54) is 18.4 Å². The molecule has 0 saturated carbocycles. The summed E-state index contributed by atoms with van der Waals surface area (Å²) in [5.41, 5.74) is 11.8. The number of phenolic OH excluding ortho intramolecular Hbond substituents is 1. The SMILES string of the molecule is CCCCc1oc2ccc(CS(C)(=O)=O)cc2c1C(=O)c1ccc(C)cc1.CCCCc1oc2ccc(N)cc2c1C(=O)c1ccc(O)cc1. The number of rotatable bonds is 12. The molecular formula is C41H43NO7S. The number of carbonyl (C=O) groups excluding carboxylic acids is 2. The molecule has 260 valence electrons. The molecule has 0 radical (unpaired) electrons. The Bertz CT molecular complexity index is 2240. The topological polar surface area (TPSA) is 141 Å². The van der Waals surface area contributed by atoms with E-state index < -0.39 is 9.84 Å². The van der Waals surface area contributed by atoms with Crippen LogP contribution in [-0.4, -0.2) is 31.3 Å². The smallest absolute Gasteiger partial charge is 0.197 e. The highest BCUT2D eigenvalue weighted by Crippen LogP contribution is 2.32. The lowest BCUT2D eigenvalue weighted by atomic mass is 9.97. The lowest BCUT2D eigenvalue weighted by molar-refractivity contribution is 0.103. The lowest BCUT2D eigenvalue weighted by Gasteiger charge is -2.04. The van der Waals surface area contributed by atoms with E-state index in [-0.39, 0.29) is 23.1 Å². The van der Waals surface area contributed by atoms with Gasteiger partial charge in [-0.3, -0.25) is 9.59 Å². The molecule has 0 atom stereocenters. The second kappa shape index (κ2) is 15.6. The van der Waals surface area contributed by atoms with Crippen molar-refractivity contribution in [2.75, 3.05) is 12.0 Å². The number of ketones is 2. The summed E-state index contributed by atoms with van der Waals surface area (Å²) in [6.07, 6.45) is 6.48. The first-order valence-electron chi connectivity index (χ1n) is 16.9. The number of fused-ring (bicyclic) bond motifs is 2. The summed E-state index contributed by atoms with van der Waals surface area (Å²) in [6, 6.07) is 24.3. The first-order chi connectivity index (χ1) is 23.9. The van der Waals surface area contributed by atoms with E-state index in [1.54, 1.807) is 48.5 Å². The molecule has 4 aromatic carbocycles. The van der Waals surface area contributed by atoms with Gasteiger partial charge in [-0.2, -0.15) is 0 Å². The van der Waals surface area contributed by atoms with Crippen LogP contribution in [0.5, 0.6) is 5.75 Å². The Morgan fingerprint density at radius 2 is 1.18 bits per heavy atom. The second-order valence-corrected chi connectivity index (χ2v) is 14.9. The van der Waals surface area contributed by atoms with Gasteiger partial charge in [0.05, 0.1) is 16.9 Å². The summed E-state index contributed by atoms with van der Waals surface area (Å²) in [7, 11) is -3.16. The summed E-state index contributed by atoms with van der Waals surface area (Å²) in [5, 5.41) is 10.8. The van der Waals surface area contributed by atoms with E-state index in [0.717, 1.165) is 36.6 Å². The molecule has 0 aliphatic rings. The van der Waals surface area contributed by atoms with Crippen molar-refractivity contribution in [2.24, 2.45) is 0 Å². The van der Waals surface area contributed by atoms with Gasteiger partial charge in [0.15, 0.2) is 21.4 Å². The van der Waals surface area contributed by atoms with Gasteiger partial charge in [0.2, 0.25) is 0 Å². The Kier molecular flexibility index (Phi) is 11.3. The predicted octanol–water partition coefficient (Wildman–Crippen LogP) is 9.15. The fraction of sp³-hybridized carbons (Fsp3) is 0.268. The van der Waals surface area contributed by atoms with Gasteiger partial charge in [0.25, 0.3) is 0 Å². The van der Waals surface area contributed by atoms with Crippen LogP contribution in [0.2, 0.25) is 0 Å². The van der Waals surface area contributed by atoms with Gasteiger partial charge in [-0.05, 0) is 79.9 Å². The number of unbranched alkanes of at least 4 members (excludes halogenated alkanes) is 2. The molecule has 2 aromatic heterocycles. The molecule has 3 N–H and O–H groups in total. The predicted molar refractivity (Wildman–Crippen MR) is 199 cm³/mol. The highest BCUT2D eigenvalue weighted by molar-refractivity contribution is 7.89. The van der Waals surface area contributed by atoms with Crippen molar-refractivity contribution in [1.29, 1.82) is 0 Å². The van der Waals surface area contributed by atoms with Gasteiger partial charge in [0.1, 0.15) is 28.4 Å². The standard InChI is InChI=1S/C22H24O4S.C19H19NO3/c1-4-5-6-20-21(22(23)17-10-7-15(2)8-11-17)18-13-16(14-27(3,24)25)9-12-19(18)26-20;1-2-3-4-17-18(15-11-13(20)7-10-16(15)23-17)19(22)12-5-8-14(21)9-6-12/h7-13H,4-6,14H2,1-3H3;5-11,21H,2-4,20H2,1H3. The number of nitrogens with two attached hydrogens (primary N) is 1. The highest BCUT2D eigenvalue weighted by Gasteiger charge is 2.24. The van der Waals surface area contributed by atoms with E-state index in [4.69, 9.17) is 14.6 Å². The molecule has 2 heterocycles. The van der Waals surface area contributed by atoms with Crippen molar-refractivity contribution in [3.8, 4) is 5.75 Å². The minimum Gasteiger partial charge on any atom is -0.508 e. The zero-order chi connectivity index (χ0) is 36.0. The third kappa shape index (κ3) is 8.52. The molecular weight excluding hydrogens is 651 g/mol. The van der Waals surface area contributed by atoms with Gasteiger partial charge in [-0.15, -0.1) is 0 Å². The molecule has 8 nitrogen and oxygen atoms in total. The van der Waals surface area contributed by atoms with Crippen molar-refractivity contribution in [1.82, 2.24) is 0 Å². The van der Waals surface area contributed by atoms with Crippen LogP contribution in [0.3, 0.4) is 0 Å². The van der Waals surface area contributed by atoms with Crippen LogP contribution in [0.15, 0.2) is 93.8 Å². The number of sulfone groups is 1. The maximum absolute atomic E-state index is 13.2. The first-order valence-corrected chi connectivity index (χ1v) is 18.9. The average Bonchev–Trinajstić information content (AvgIpc) is 3.63. The zero-order valence-corrected chi connectivity index (χ0v) is 29.7. The van der Waals surface area contributed by atoms with E-state index in [2.05, 4.69) is 13.8 Å².